The van der Waals surface area contributed by atoms with E-state index in [1.165, 1.54) is 0 Å². The Hall–Kier alpha value is -3.80. The van der Waals surface area contributed by atoms with E-state index in [-0.39, 0.29) is 5.91 Å². The molecule has 0 fully saturated rings. The van der Waals surface area contributed by atoms with E-state index in [1.54, 1.807) is 18.5 Å². The van der Waals surface area contributed by atoms with E-state index in [9.17, 15) is 4.79 Å². The number of hydrazone groups is 1. The summed E-state index contributed by atoms with van der Waals surface area (Å²) in [7, 11) is 0. The van der Waals surface area contributed by atoms with Gasteiger partial charge in [-0.1, -0.05) is 36.4 Å². The summed E-state index contributed by atoms with van der Waals surface area (Å²) in [6.45, 7) is 1.82. The molecule has 0 aliphatic carbocycles. The van der Waals surface area contributed by atoms with Gasteiger partial charge >= 0.3 is 0 Å². The van der Waals surface area contributed by atoms with Crippen molar-refractivity contribution >= 4 is 22.4 Å². The lowest BCUT2D eigenvalue weighted by Crippen LogP contribution is -2.19. The molecule has 0 saturated heterocycles. The third-order valence-corrected chi connectivity index (χ3v) is 4.29. The van der Waals surface area contributed by atoms with Crippen molar-refractivity contribution in [1.82, 2.24) is 20.6 Å². The molecule has 6 heteroatoms. The van der Waals surface area contributed by atoms with E-state index in [0.29, 0.717) is 17.1 Å². The number of aromatic amines is 1. The van der Waals surface area contributed by atoms with Gasteiger partial charge in [0.05, 0.1) is 11.4 Å². The molecule has 0 aliphatic heterocycles. The second-order valence-electron chi connectivity index (χ2n) is 6.10. The quantitative estimate of drug-likeness (QED) is 0.432. The topological polar surface area (TPSA) is 83.0 Å². The van der Waals surface area contributed by atoms with Crippen molar-refractivity contribution in [2.75, 3.05) is 0 Å². The monoisotopic (exact) mass is 355 g/mol. The van der Waals surface area contributed by atoms with Crippen LogP contribution in [0.2, 0.25) is 0 Å². The molecule has 4 rings (SSSR count). The number of amides is 1. The van der Waals surface area contributed by atoms with Crippen LogP contribution in [-0.2, 0) is 0 Å². The highest BCUT2D eigenvalue weighted by Crippen LogP contribution is 2.23. The number of rotatable bonds is 4. The predicted octanol–water partition coefficient (Wildman–Crippen LogP) is 3.78. The SMILES string of the molecule is CC(=NNC(=O)c1cc(-c2ccc3ccccc3c2)n[nH]1)c1ccncc1. The molecular formula is C21H17N5O. The van der Waals surface area contributed by atoms with Crippen LogP contribution in [0.4, 0.5) is 0 Å². The maximum atomic E-state index is 12.3. The molecule has 2 aromatic heterocycles. The maximum absolute atomic E-state index is 12.3. The van der Waals surface area contributed by atoms with E-state index in [2.05, 4.69) is 43.9 Å². The van der Waals surface area contributed by atoms with Crippen LogP contribution < -0.4 is 5.43 Å². The minimum Gasteiger partial charge on any atom is -0.272 e. The van der Waals surface area contributed by atoms with Gasteiger partial charge in [0.2, 0.25) is 0 Å². The molecule has 0 aliphatic rings. The summed E-state index contributed by atoms with van der Waals surface area (Å²) >= 11 is 0. The van der Waals surface area contributed by atoms with E-state index in [1.807, 2.05) is 43.3 Å². The van der Waals surface area contributed by atoms with Gasteiger partial charge in [-0.15, -0.1) is 0 Å². The summed E-state index contributed by atoms with van der Waals surface area (Å²) in [5.41, 5.74) is 6.14. The van der Waals surface area contributed by atoms with Crippen LogP contribution in [0.1, 0.15) is 23.0 Å². The molecule has 4 aromatic rings. The van der Waals surface area contributed by atoms with Crippen molar-refractivity contribution in [3.05, 3.63) is 84.3 Å². The summed E-state index contributed by atoms with van der Waals surface area (Å²) in [5.74, 6) is -0.344. The molecule has 27 heavy (non-hydrogen) atoms. The number of H-pyrrole nitrogens is 1. The summed E-state index contributed by atoms with van der Waals surface area (Å²) in [6, 6.07) is 19.6. The Morgan fingerprint density at radius 3 is 2.59 bits per heavy atom. The highest BCUT2D eigenvalue weighted by atomic mass is 16.2. The molecule has 0 bridgehead atoms. The van der Waals surface area contributed by atoms with Crippen molar-refractivity contribution in [2.45, 2.75) is 6.92 Å². The fourth-order valence-corrected chi connectivity index (χ4v) is 2.79. The van der Waals surface area contributed by atoms with Gasteiger partial charge in [-0.2, -0.15) is 10.2 Å². The average molecular weight is 355 g/mol. The lowest BCUT2D eigenvalue weighted by Gasteiger charge is -2.01. The molecule has 6 nitrogen and oxygen atoms in total. The largest absolute Gasteiger partial charge is 0.289 e. The fraction of sp³-hybridized carbons (Fsp3) is 0.0476. The molecular weight excluding hydrogens is 338 g/mol. The fourth-order valence-electron chi connectivity index (χ4n) is 2.79. The van der Waals surface area contributed by atoms with E-state index in [0.717, 1.165) is 21.9 Å². The van der Waals surface area contributed by atoms with E-state index in [4.69, 9.17) is 0 Å². The molecule has 0 radical (unpaired) electrons. The third kappa shape index (κ3) is 3.59. The Kier molecular flexibility index (Phi) is 4.45. The number of aromatic nitrogens is 3. The minimum absolute atomic E-state index is 0.344. The zero-order chi connectivity index (χ0) is 18.6. The van der Waals surface area contributed by atoms with Crippen molar-refractivity contribution in [2.24, 2.45) is 5.10 Å². The maximum Gasteiger partial charge on any atom is 0.289 e. The Balaban J connectivity index is 1.52. The summed E-state index contributed by atoms with van der Waals surface area (Å²) in [5, 5.41) is 13.5. The first-order valence-electron chi connectivity index (χ1n) is 8.50. The Morgan fingerprint density at radius 1 is 1.00 bits per heavy atom. The van der Waals surface area contributed by atoms with E-state index < -0.39 is 0 Å². The zero-order valence-electron chi connectivity index (χ0n) is 14.7. The molecule has 0 unspecified atom stereocenters. The average Bonchev–Trinajstić information content (AvgIpc) is 3.22. The first-order valence-corrected chi connectivity index (χ1v) is 8.50. The van der Waals surface area contributed by atoms with Gasteiger partial charge in [-0.25, -0.2) is 5.43 Å². The number of hydrogen-bond acceptors (Lipinski definition) is 4. The van der Waals surface area contributed by atoms with Gasteiger partial charge in [0.1, 0.15) is 5.69 Å². The molecule has 2 N–H and O–H groups in total. The van der Waals surface area contributed by atoms with Crippen LogP contribution in [0.15, 0.2) is 78.2 Å². The van der Waals surface area contributed by atoms with E-state index >= 15 is 0 Å². The summed E-state index contributed by atoms with van der Waals surface area (Å²) in [6.07, 6.45) is 3.36. The zero-order valence-corrected chi connectivity index (χ0v) is 14.7. The van der Waals surface area contributed by atoms with Crippen molar-refractivity contribution < 1.29 is 4.79 Å². The highest BCUT2D eigenvalue weighted by molar-refractivity contribution is 6.00. The molecule has 0 atom stereocenters. The summed E-state index contributed by atoms with van der Waals surface area (Å²) in [4.78, 5) is 16.3. The molecule has 2 heterocycles. The van der Waals surface area contributed by atoms with Gasteiger partial charge < -0.3 is 0 Å². The van der Waals surface area contributed by atoms with Gasteiger partial charge in [-0.05, 0) is 42.0 Å². The van der Waals surface area contributed by atoms with Crippen LogP contribution in [0.5, 0.6) is 0 Å². The second kappa shape index (κ2) is 7.21. The van der Waals surface area contributed by atoms with Crippen LogP contribution in [0, 0.1) is 0 Å². The lowest BCUT2D eigenvalue weighted by atomic mass is 10.1. The first-order chi connectivity index (χ1) is 13.2. The third-order valence-electron chi connectivity index (χ3n) is 4.29. The van der Waals surface area contributed by atoms with Crippen molar-refractivity contribution in [1.29, 1.82) is 0 Å². The molecule has 0 saturated carbocycles. The molecule has 132 valence electrons. The number of benzene rings is 2. The molecule has 1 amide bonds. The molecule has 2 aromatic carbocycles. The Bertz CT molecular complexity index is 1130. The van der Waals surface area contributed by atoms with Crippen LogP contribution in [0.3, 0.4) is 0 Å². The van der Waals surface area contributed by atoms with Gasteiger partial charge in [0, 0.05) is 23.5 Å². The number of pyridine rings is 1. The Labute approximate surface area is 156 Å². The van der Waals surface area contributed by atoms with Crippen molar-refractivity contribution in [3.63, 3.8) is 0 Å². The molecule has 0 spiro atoms. The lowest BCUT2D eigenvalue weighted by molar-refractivity contribution is 0.0950. The number of carbonyl (C=O) groups is 1. The van der Waals surface area contributed by atoms with Gasteiger partial charge in [-0.3, -0.25) is 14.9 Å². The standard InChI is InChI=1S/C21H17N5O/c1-14(15-8-10-22-11-9-15)23-26-21(27)20-13-19(24-25-20)18-7-6-16-4-2-3-5-17(16)12-18/h2-13H,1H3,(H,24,25)(H,26,27). The Morgan fingerprint density at radius 2 is 1.78 bits per heavy atom. The van der Waals surface area contributed by atoms with Gasteiger partial charge in [0.25, 0.3) is 5.91 Å². The smallest absolute Gasteiger partial charge is 0.272 e. The number of nitrogens with one attached hydrogen (secondary N) is 2. The van der Waals surface area contributed by atoms with Crippen LogP contribution in [0.25, 0.3) is 22.0 Å². The summed E-state index contributed by atoms with van der Waals surface area (Å²) < 4.78 is 0. The first kappa shape index (κ1) is 16.7. The highest BCUT2D eigenvalue weighted by Gasteiger charge is 2.11. The predicted molar refractivity (Wildman–Crippen MR) is 105 cm³/mol. The number of fused-ring (bicyclic) bond motifs is 1. The normalized spacial score (nSPS) is 11.5. The van der Waals surface area contributed by atoms with Gasteiger partial charge in [0.15, 0.2) is 0 Å². The van der Waals surface area contributed by atoms with Crippen LogP contribution in [-0.4, -0.2) is 26.8 Å². The number of hydrogen-bond donors (Lipinski definition) is 2. The van der Waals surface area contributed by atoms with Crippen molar-refractivity contribution in [3.8, 4) is 11.3 Å². The second-order valence-corrected chi connectivity index (χ2v) is 6.10. The number of carbonyl (C=O) groups excluding carboxylic acids is 1. The minimum atomic E-state index is -0.344. The number of nitrogens with zero attached hydrogens (tertiary/aromatic N) is 3. The van der Waals surface area contributed by atoms with Crippen LogP contribution >= 0.6 is 0 Å².